The molecule has 0 aliphatic rings. The summed E-state index contributed by atoms with van der Waals surface area (Å²) in [7, 11) is 1.58. The van der Waals surface area contributed by atoms with Gasteiger partial charge in [-0.3, -0.25) is 4.79 Å². The SMILES string of the molecule is COc1ccc2c(C)c(C(=O)NCc3noc(-c4ccco4)n3)oc2c1. The van der Waals surface area contributed by atoms with Crippen molar-refractivity contribution in [2.75, 3.05) is 7.11 Å². The zero-order valence-corrected chi connectivity index (χ0v) is 14.1. The molecule has 1 N–H and O–H groups in total. The van der Waals surface area contributed by atoms with Crippen molar-refractivity contribution >= 4 is 16.9 Å². The number of nitrogens with one attached hydrogen (secondary N) is 1. The minimum absolute atomic E-state index is 0.100. The summed E-state index contributed by atoms with van der Waals surface area (Å²) in [6.45, 7) is 1.93. The largest absolute Gasteiger partial charge is 0.497 e. The first kappa shape index (κ1) is 15.9. The van der Waals surface area contributed by atoms with Gasteiger partial charge in [-0.25, -0.2) is 0 Å². The number of rotatable bonds is 5. The Bertz CT molecular complexity index is 1060. The highest BCUT2D eigenvalue weighted by Crippen LogP contribution is 2.28. The van der Waals surface area contributed by atoms with Gasteiger partial charge in [-0.15, -0.1) is 0 Å². The molecule has 1 aromatic carbocycles. The maximum absolute atomic E-state index is 12.5. The number of hydrogen-bond acceptors (Lipinski definition) is 7. The number of furan rings is 2. The van der Waals surface area contributed by atoms with Gasteiger partial charge in [0.25, 0.3) is 11.8 Å². The van der Waals surface area contributed by atoms with Crippen LogP contribution in [0.15, 0.2) is 50.0 Å². The van der Waals surface area contributed by atoms with Gasteiger partial charge in [0.15, 0.2) is 17.3 Å². The number of amides is 1. The molecule has 0 aliphatic carbocycles. The second-order valence-electron chi connectivity index (χ2n) is 5.59. The molecule has 1 amide bonds. The van der Waals surface area contributed by atoms with Crippen LogP contribution in [-0.2, 0) is 6.54 Å². The lowest BCUT2D eigenvalue weighted by Crippen LogP contribution is -2.23. The van der Waals surface area contributed by atoms with Gasteiger partial charge in [-0.05, 0) is 31.2 Å². The number of fused-ring (bicyclic) bond motifs is 1. The molecule has 0 unspecified atom stereocenters. The number of aryl methyl sites for hydroxylation is 1. The first-order valence-electron chi connectivity index (χ1n) is 7.87. The third kappa shape index (κ3) is 2.81. The number of nitrogens with zero attached hydrogens (tertiary/aromatic N) is 2. The Balaban J connectivity index is 1.50. The van der Waals surface area contributed by atoms with Crippen LogP contribution < -0.4 is 10.1 Å². The van der Waals surface area contributed by atoms with E-state index in [4.69, 9.17) is 18.1 Å². The monoisotopic (exact) mass is 353 g/mol. The Morgan fingerprint density at radius 3 is 2.96 bits per heavy atom. The third-order valence-electron chi connectivity index (χ3n) is 3.96. The predicted molar refractivity (Wildman–Crippen MR) is 90.7 cm³/mol. The van der Waals surface area contributed by atoms with Gasteiger partial charge in [0.05, 0.1) is 19.9 Å². The molecule has 4 rings (SSSR count). The Hall–Kier alpha value is -3.55. The molecule has 0 atom stereocenters. The topological polar surface area (TPSA) is 104 Å². The quantitative estimate of drug-likeness (QED) is 0.587. The van der Waals surface area contributed by atoms with Crippen LogP contribution >= 0.6 is 0 Å². The van der Waals surface area contributed by atoms with Gasteiger partial charge in [0.1, 0.15) is 11.3 Å². The fraction of sp³-hybridized carbons (Fsp3) is 0.167. The first-order valence-corrected chi connectivity index (χ1v) is 7.87. The van der Waals surface area contributed by atoms with Crippen molar-refractivity contribution in [2.24, 2.45) is 0 Å². The van der Waals surface area contributed by atoms with Crippen molar-refractivity contribution in [3.8, 4) is 17.4 Å². The zero-order valence-electron chi connectivity index (χ0n) is 14.1. The van der Waals surface area contributed by atoms with Crippen molar-refractivity contribution in [2.45, 2.75) is 13.5 Å². The molecule has 8 nitrogen and oxygen atoms in total. The Labute approximate surface area is 147 Å². The van der Waals surface area contributed by atoms with Crippen molar-refractivity contribution in [3.63, 3.8) is 0 Å². The average Bonchev–Trinajstić information content (AvgIpc) is 3.39. The van der Waals surface area contributed by atoms with E-state index in [0.717, 1.165) is 10.9 Å². The lowest BCUT2D eigenvalue weighted by Gasteiger charge is -1.99. The highest BCUT2D eigenvalue weighted by molar-refractivity contribution is 5.99. The molecule has 0 aliphatic heterocycles. The van der Waals surface area contributed by atoms with Crippen LogP contribution in [0.2, 0.25) is 0 Å². The number of hydrogen-bond donors (Lipinski definition) is 1. The van der Waals surface area contributed by atoms with E-state index in [0.29, 0.717) is 22.9 Å². The van der Waals surface area contributed by atoms with Crippen LogP contribution in [0.3, 0.4) is 0 Å². The lowest BCUT2D eigenvalue weighted by atomic mass is 10.1. The fourth-order valence-electron chi connectivity index (χ4n) is 2.62. The smallest absolute Gasteiger partial charge is 0.293 e. The molecule has 0 spiro atoms. The molecular formula is C18H15N3O5. The highest BCUT2D eigenvalue weighted by atomic mass is 16.5. The molecule has 26 heavy (non-hydrogen) atoms. The highest BCUT2D eigenvalue weighted by Gasteiger charge is 2.19. The fourth-order valence-corrected chi connectivity index (χ4v) is 2.62. The summed E-state index contributed by atoms with van der Waals surface area (Å²) in [4.78, 5) is 16.6. The molecule has 8 heteroatoms. The molecule has 0 saturated heterocycles. The summed E-state index contributed by atoms with van der Waals surface area (Å²) >= 11 is 0. The number of aromatic nitrogens is 2. The van der Waals surface area contributed by atoms with Crippen LogP contribution in [0.4, 0.5) is 0 Å². The van der Waals surface area contributed by atoms with Crippen molar-refractivity contribution in [1.82, 2.24) is 15.5 Å². The van der Waals surface area contributed by atoms with Gasteiger partial charge in [0, 0.05) is 17.0 Å². The molecule has 0 saturated carbocycles. The summed E-state index contributed by atoms with van der Waals surface area (Å²) in [5.74, 6) is 1.60. The average molecular weight is 353 g/mol. The summed E-state index contributed by atoms with van der Waals surface area (Å²) in [5.41, 5.74) is 1.34. The molecular weight excluding hydrogens is 338 g/mol. The van der Waals surface area contributed by atoms with Crippen molar-refractivity contribution in [1.29, 1.82) is 0 Å². The lowest BCUT2D eigenvalue weighted by molar-refractivity contribution is 0.0923. The number of benzene rings is 1. The zero-order chi connectivity index (χ0) is 18.1. The second kappa shape index (κ2) is 6.40. The third-order valence-corrected chi connectivity index (χ3v) is 3.96. The molecule has 3 aromatic heterocycles. The minimum Gasteiger partial charge on any atom is -0.497 e. The van der Waals surface area contributed by atoms with Gasteiger partial charge in [0.2, 0.25) is 0 Å². The second-order valence-corrected chi connectivity index (χ2v) is 5.59. The van der Waals surface area contributed by atoms with E-state index in [9.17, 15) is 4.79 Å². The van der Waals surface area contributed by atoms with Crippen molar-refractivity contribution < 1.29 is 22.9 Å². The molecule has 4 aromatic rings. The molecule has 3 heterocycles. The van der Waals surface area contributed by atoms with E-state index >= 15 is 0 Å². The molecule has 0 bridgehead atoms. The first-order chi connectivity index (χ1) is 12.7. The summed E-state index contributed by atoms with van der Waals surface area (Å²) < 4.78 is 21.1. The number of methoxy groups -OCH3 is 1. The minimum atomic E-state index is -0.359. The van der Waals surface area contributed by atoms with Crippen LogP contribution in [0, 0.1) is 6.92 Å². The van der Waals surface area contributed by atoms with E-state index < -0.39 is 0 Å². The van der Waals surface area contributed by atoms with E-state index in [2.05, 4.69) is 15.5 Å². The number of carbonyl (C=O) groups excluding carboxylic acids is 1. The van der Waals surface area contributed by atoms with Crippen molar-refractivity contribution in [3.05, 3.63) is 53.7 Å². The van der Waals surface area contributed by atoms with E-state index in [1.165, 1.54) is 6.26 Å². The standard InChI is InChI=1S/C18H15N3O5/c1-10-12-6-5-11(23-2)8-14(12)25-16(10)17(22)19-9-15-20-18(26-21-15)13-4-3-7-24-13/h3-8H,9H2,1-2H3,(H,19,22). The normalized spacial score (nSPS) is 11.0. The Morgan fingerprint density at radius 1 is 1.31 bits per heavy atom. The van der Waals surface area contributed by atoms with Crippen LogP contribution in [0.1, 0.15) is 21.9 Å². The predicted octanol–water partition coefficient (Wildman–Crippen LogP) is 3.32. The van der Waals surface area contributed by atoms with E-state index in [1.807, 2.05) is 19.1 Å². The van der Waals surface area contributed by atoms with Gasteiger partial charge >= 0.3 is 0 Å². The molecule has 132 valence electrons. The number of ether oxygens (including phenoxy) is 1. The van der Waals surface area contributed by atoms with Crippen LogP contribution in [0.5, 0.6) is 5.75 Å². The van der Waals surface area contributed by atoms with E-state index in [-0.39, 0.29) is 24.1 Å². The molecule has 0 radical (unpaired) electrons. The maximum atomic E-state index is 12.5. The van der Waals surface area contributed by atoms with Gasteiger partial charge in [-0.1, -0.05) is 5.16 Å². The van der Waals surface area contributed by atoms with Gasteiger partial charge < -0.3 is 23.4 Å². The van der Waals surface area contributed by atoms with Crippen LogP contribution in [-0.4, -0.2) is 23.2 Å². The summed E-state index contributed by atoms with van der Waals surface area (Å²) in [6.07, 6.45) is 1.51. The molecule has 0 fully saturated rings. The van der Waals surface area contributed by atoms with Gasteiger partial charge in [-0.2, -0.15) is 4.98 Å². The Kier molecular flexibility index (Phi) is 3.92. The Morgan fingerprint density at radius 2 is 2.19 bits per heavy atom. The summed E-state index contributed by atoms with van der Waals surface area (Å²) in [6, 6.07) is 8.86. The number of carbonyl (C=O) groups is 1. The van der Waals surface area contributed by atoms with Crippen LogP contribution in [0.25, 0.3) is 22.6 Å². The maximum Gasteiger partial charge on any atom is 0.293 e. The summed E-state index contributed by atoms with van der Waals surface area (Å²) in [5, 5.41) is 7.40. The van der Waals surface area contributed by atoms with E-state index in [1.54, 1.807) is 25.3 Å².